The van der Waals surface area contributed by atoms with Crippen LogP contribution >= 0.6 is 0 Å². The third kappa shape index (κ3) is 5.14. The van der Waals surface area contributed by atoms with Crippen LogP contribution in [-0.2, 0) is 35.6 Å². The van der Waals surface area contributed by atoms with Crippen LogP contribution < -0.4 is 24.8 Å². The molecule has 0 bridgehead atoms. The molecule has 0 heterocycles. The number of fused-ring (bicyclic) bond motifs is 3. The molecule has 0 spiro atoms. The van der Waals surface area contributed by atoms with E-state index in [2.05, 4.69) is 123 Å². The summed E-state index contributed by atoms with van der Waals surface area (Å²) < 4.78 is 2.09. The summed E-state index contributed by atoms with van der Waals surface area (Å²) in [5.74, 6) is 0. The van der Waals surface area contributed by atoms with Crippen LogP contribution in [0.3, 0.4) is 0 Å². The molecule has 0 radical (unpaired) electrons. The zero-order valence-corrected chi connectivity index (χ0v) is 25.8. The number of benzene rings is 4. The Hall–Kier alpha value is -2.31. The van der Waals surface area contributed by atoms with Gasteiger partial charge in [0.2, 0.25) is 0 Å². The number of allylic oxidation sites excluding steroid dienone is 4. The molecule has 38 heavy (non-hydrogen) atoms. The van der Waals surface area contributed by atoms with E-state index in [1.54, 1.807) is 25.5 Å². The Kier molecular flexibility index (Phi) is 9.59. The van der Waals surface area contributed by atoms with Crippen molar-refractivity contribution in [1.82, 2.24) is 0 Å². The van der Waals surface area contributed by atoms with E-state index in [0.717, 1.165) is 19.3 Å². The summed E-state index contributed by atoms with van der Waals surface area (Å²) in [5, 5.41) is 0. The molecule has 4 aromatic rings. The minimum Gasteiger partial charge on any atom is -1.00 e. The molecule has 189 valence electrons. The molecule has 0 fully saturated rings. The summed E-state index contributed by atoms with van der Waals surface area (Å²) in [6, 6.07) is 34.1. The van der Waals surface area contributed by atoms with Crippen molar-refractivity contribution in [2.24, 2.45) is 0 Å². The average molecular weight is 614 g/mol. The molecule has 0 N–H and O–H groups in total. The smallest absolute Gasteiger partial charge is 1.00 e. The fraction of sp³-hybridized carbons (Fsp3) is 0.171. The fourth-order valence-electron chi connectivity index (χ4n) is 6.01. The van der Waals surface area contributed by atoms with Gasteiger partial charge < -0.3 is 24.8 Å². The van der Waals surface area contributed by atoms with Crippen molar-refractivity contribution in [3.05, 3.63) is 148 Å². The monoisotopic (exact) mass is 611 g/mol. The Morgan fingerprint density at radius 2 is 1.39 bits per heavy atom. The molecular weight excluding hydrogens is 583 g/mol. The minimum atomic E-state index is -1.12. The fourth-order valence-corrected chi connectivity index (χ4v) is 10.4. The average Bonchev–Trinajstić information content (AvgIpc) is 3.59. The number of hydrogen-bond donors (Lipinski definition) is 0. The van der Waals surface area contributed by atoms with Gasteiger partial charge >= 0.3 is 228 Å². The SMILES string of the molecule is CCc1cc(C2=CC=CC2)c2c(c1CC)-c1ccccc1[CH]2[Zr+2]=[C](c1ccccc1)c1ccccc1.[Cl-].[Cl-]. The van der Waals surface area contributed by atoms with Crippen molar-refractivity contribution in [2.75, 3.05) is 0 Å². The summed E-state index contributed by atoms with van der Waals surface area (Å²) in [6.45, 7) is 4.66. The molecule has 1 atom stereocenters. The molecular formula is C35H31Cl2Zr. The Bertz CT molecular complexity index is 1470. The van der Waals surface area contributed by atoms with Gasteiger partial charge in [0.15, 0.2) is 0 Å². The third-order valence-electron chi connectivity index (χ3n) is 7.66. The van der Waals surface area contributed by atoms with Crippen LogP contribution in [0.4, 0.5) is 0 Å². The Labute approximate surface area is 250 Å². The Morgan fingerprint density at radius 3 is 1.97 bits per heavy atom. The summed E-state index contributed by atoms with van der Waals surface area (Å²) in [5.41, 5.74) is 15.1. The van der Waals surface area contributed by atoms with Gasteiger partial charge in [0, 0.05) is 0 Å². The molecule has 0 amide bonds. The topological polar surface area (TPSA) is 0 Å². The van der Waals surface area contributed by atoms with Gasteiger partial charge in [-0.15, -0.1) is 0 Å². The zero-order valence-electron chi connectivity index (χ0n) is 21.8. The van der Waals surface area contributed by atoms with Gasteiger partial charge in [0.25, 0.3) is 0 Å². The van der Waals surface area contributed by atoms with Crippen molar-refractivity contribution in [3.63, 3.8) is 0 Å². The molecule has 1 unspecified atom stereocenters. The summed E-state index contributed by atoms with van der Waals surface area (Å²) >= 11 is -1.12. The van der Waals surface area contributed by atoms with Gasteiger partial charge in [0.1, 0.15) is 0 Å². The molecule has 6 rings (SSSR count). The largest absolute Gasteiger partial charge is 1.00 e. The summed E-state index contributed by atoms with van der Waals surface area (Å²) in [4.78, 5) is 0. The van der Waals surface area contributed by atoms with E-state index < -0.39 is 22.8 Å². The number of rotatable bonds is 6. The Morgan fingerprint density at radius 1 is 0.763 bits per heavy atom. The molecule has 0 aromatic heterocycles. The predicted molar refractivity (Wildman–Crippen MR) is 150 cm³/mol. The van der Waals surface area contributed by atoms with Gasteiger partial charge in [-0.1, -0.05) is 0 Å². The second-order valence-electron chi connectivity index (χ2n) is 9.65. The van der Waals surface area contributed by atoms with Crippen LogP contribution in [0.2, 0.25) is 0 Å². The molecule has 0 saturated heterocycles. The molecule has 4 aromatic carbocycles. The zero-order chi connectivity index (χ0) is 24.5. The number of halogens is 2. The van der Waals surface area contributed by atoms with Crippen LogP contribution in [0, 0.1) is 0 Å². The van der Waals surface area contributed by atoms with Crippen LogP contribution in [0.5, 0.6) is 0 Å². The first-order valence-corrected chi connectivity index (χ1v) is 15.8. The van der Waals surface area contributed by atoms with E-state index in [1.807, 2.05) is 0 Å². The van der Waals surface area contributed by atoms with Gasteiger partial charge in [-0.25, -0.2) is 0 Å². The summed E-state index contributed by atoms with van der Waals surface area (Å²) in [7, 11) is 0. The van der Waals surface area contributed by atoms with Crippen molar-refractivity contribution < 1.29 is 47.6 Å². The number of aryl methyl sites for hydroxylation is 1. The Balaban J connectivity index is 0.00000168. The third-order valence-corrected chi connectivity index (χ3v) is 12.0. The van der Waals surface area contributed by atoms with E-state index in [-0.39, 0.29) is 24.8 Å². The maximum Gasteiger partial charge on any atom is -1.00 e. The van der Waals surface area contributed by atoms with Crippen molar-refractivity contribution in [3.8, 4) is 11.1 Å². The van der Waals surface area contributed by atoms with Crippen LogP contribution in [0.1, 0.15) is 62.8 Å². The van der Waals surface area contributed by atoms with Crippen LogP contribution in [0.25, 0.3) is 16.7 Å². The second kappa shape index (κ2) is 12.7. The first-order valence-electron chi connectivity index (χ1n) is 13.2. The summed E-state index contributed by atoms with van der Waals surface area (Å²) in [6.07, 6.45) is 10.1. The second-order valence-corrected chi connectivity index (χ2v) is 13.0. The first-order chi connectivity index (χ1) is 17.8. The van der Waals surface area contributed by atoms with Gasteiger partial charge in [-0.2, -0.15) is 0 Å². The van der Waals surface area contributed by atoms with E-state index in [1.165, 1.54) is 33.4 Å². The molecule has 0 saturated carbocycles. The van der Waals surface area contributed by atoms with Crippen molar-refractivity contribution in [1.29, 1.82) is 0 Å². The maximum atomic E-state index is 2.56. The van der Waals surface area contributed by atoms with Crippen molar-refractivity contribution >= 4 is 8.78 Å². The van der Waals surface area contributed by atoms with E-state index >= 15 is 0 Å². The van der Waals surface area contributed by atoms with Gasteiger partial charge in [-0.05, 0) is 0 Å². The predicted octanol–water partition coefficient (Wildman–Crippen LogP) is 2.58. The van der Waals surface area contributed by atoms with E-state index in [0.29, 0.717) is 3.63 Å². The molecule has 0 aliphatic heterocycles. The molecule has 3 heteroatoms. The number of hydrogen-bond acceptors (Lipinski definition) is 0. The first kappa shape index (κ1) is 28.7. The standard InChI is InChI=1S/C22H21.C13H10.2ClH.Zr/c1-3-15-13-20(16-9-5-6-10-16)21-14-17-11-7-8-12-19(17)22(21)18(15)4-2;1-3-7-12(8-4-1)11-13-9-5-2-6-10-13;;;/h5-9,11-14H,3-4,10H2,1-2H3;1-10H;2*1H;/q;;;;+2/p-2. The quantitative estimate of drug-likeness (QED) is 0.314. The van der Waals surface area contributed by atoms with Crippen LogP contribution in [0.15, 0.2) is 109 Å². The normalized spacial score (nSPS) is 14.5. The van der Waals surface area contributed by atoms with E-state index in [4.69, 9.17) is 0 Å². The molecule has 2 aliphatic rings. The molecule has 2 aliphatic carbocycles. The van der Waals surface area contributed by atoms with Crippen LogP contribution in [-0.4, -0.2) is 3.21 Å². The maximum absolute atomic E-state index is 2.56. The van der Waals surface area contributed by atoms with Gasteiger partial charge in [-0.3, -0.25) is 0 Å². The van der Waals surface area contributed by atoms with Crippen molar-refractivity contribution in [2.45, 2.75) is 36.7 Å². The minimum absolute atomic E-state index is 0. The molecule has 0 nitrogen and oxygen atoms in total. The van der Waals surface area contributed by atoms with E-state index in [9.17, 15) is 0 Å². The van der Waals surface area contributed by atoms with Gasteiger partial charge in [0.05, 0.1) is 0 Å².